The molecule has 0 aliphatic heterocycles. The highest BCUT2D eigenvalue weighted by Gasteiger charge is 2.30. The number of aromatic nitrogens is 1. The van der Waals surface area contributed by atoms with E-state index >= 15 is 0 Å². The Labute approximate surface area is 149 Å². The second-order valence-corrected chi connectivity index (χ2v) is 5.73. The molecule has 2 rings (SSSR count). The van der Waals surface area contributed by atoms with Gasteiger partial charge in [0, 0.05) is 12.1 Å². The summed E-state index contributed by atoms with van der Waals surface area (Å²) in [6, 6.07) is 5.50. The molecule has 142 valence electrons. The number of nitrogens with one attached hydrogen (secondary N) is 1. The molecule has 0 bridgehead atoms. The Balaban J connectivity index is 1.74. The van der Waals surface area contributed by atoms with Gasteiger partial charge in [0.05, 0.1) is 12.2 Å². The molecule has 0 fully saturated rings. The van der Waals surface area contributed by atoms with Crippen molar-refractivity contribution in [2.75, 3.05) is 6.54 Å². The molecule has 9 heteroatoms. The van der Waals surface area contributed by atoms with Gasteiger partial charge >= 0.3 is 6.36 Å². The zero-order valence-corrected chi connectivity index (χ0v) is 14.6. The fourth-order valence-corrected chi connectivity index (χ4v) is 2.37. The molecule has 2 aromatic rings. The Morgan fingerprint density at radius 2 is 1.96 bits per heavy atom. The first kappa shape index (κ1) is 19.6. The van der Waals surface area contributed by atoms with Crippen molar-refractivity contribution in [3.8, 4) is 5.75 Å². The number of benzene rings is 1. The third kappa shape index (κ3) is 6.30. The van der Waals surface area contributed by atoms with E-state index in [-0.39, 0.29) is 18.3 Å². The van der Waals surface area contributed by atoms with Gasteiger partial charge < -0.3 is 20.3 Å². The van der Waals surface area contributed by atoms with Gasteiger partial charge in [-0.1, -0.05) is 17.3 Å². The van der Waals surface area contributed by atoms with Gasteiger partial charge in [0.2, 0.25) is 0 Å². The third-order valence-electron chi connectivity index (χ3n) is 3.68. The van der Waals surface area contributed by atoms with Crippen LogP contribution >= 0.6 is 0 Å². The zero-order valence-electron chi connectivity index (χ0n) is 14.6. The van der Waals surface area contributed by atoms with Crippen LogP contribution in [0.1, 0.15) is 29.0 Å². The van der Waals surface area contributed by atoms with Crippen LogP contribution in [0.4, 0.5) is 13.2 Å². The minimum Gasteiger partial charge on any atom is -0.406 e. The summed E-state index contributed by atoms with van der Waals surface area (Å²) in [5.41, 5.74) is 8.50. The van der Waals surface area contributed by atoms with Crippen LogP contribution in [0.3, 0.4) is 0 Å². The number of aryl methyl sites for hydroxylation is 2. The van der Waals surface area contributed by atoms with Gasteiger partial charge in [0.25, 0.3) is 0 Å². The first-order valence-electron chi connectivity index (χ1n) is 8.05. The van der Waals surface area contributed by atoms with Crippen molar-refractivity contribution in [3.63, 3.8) is 0 Å². The smallest absolute Gasteiger partial charge is 0.406 e. The highest BCUT2D eigenvalue weighted by atomic mass is 19.4. The molecule has 6 nitrogen and oxygen atoms in total. The summed E-state index contributed by atoms with van der Waals surface area (Å²) in [5, 5.41) is 6.90. The molecule has 1 aromatic heterocycles. The Hall–Kier alpha value is -2.71. The number of rotatable bonds is 7. The second kappa shape index (κ2) is 8.59. The lowest BCUT2D eigenvalue weighted by Gasteiger charge is -2.09. The van der Waals surface area contributed by atoms with Crippen LogP contribution in [0.15, 0.2) is 33.8 Å². The van der Waals surface area contributed by atoms with E-state index in [9.17, 15) is 13.2 Å². The molecule has 0 unspecified atom stereocenters. The molecular weight excluding hydrogens is 349 g/mol. The number of hydrogen-bond donors (Lipinski definition) is 2. The van der Waals surface area contributed by atoms with Gasteiger partial charge in [0.1, 0.15) is 11.5 Å². The van der Waals surface area contributed by atoms with Crippen molar-refractivity contribution >= 4 is 5.96 Å². The molecule has 0 spiro atoms. The average Bonchev–Trinajstić information content (AvgIpc) is 2.88. The highest BCUT2D eigenvalue weighted by molar-refractivity contribution is 5.77. The van der Waals surface area contributed by atoms with E-state index in [1.807, 2.05) is 13.8 Å². The third-order valence-corrected chi connectivity index (χ3v) is 3.68. The molecule has 26 heavy (non-hydrogen) atoms. The van der Waals surface area contributed by atoms with Crippen molar-refractivity contribution in [2.24, 2.45) is 10.7 Å². The summed E-state index contributed by atoms with van der Waals surface area (Å²) in [6.07, 6.45) is -3.04. The molecule has 0 atom stereocenters. The molecule has 1 aromatic carbocycles. The number of guanidine groups is 1. The minimum atomic E-state index is -4.70. The lowest BCUT2D eigenvalue weighted by molar-refractivity contribution is -0.274. The number of hydrogen-bond acceptors (Lipinski definition) is 4. The standard InChI is InChI=1S/C17H21F3N4O2/c1-11-15(12(2)26-24-11)4-3-9-22-16(21)23-10-13-5-7-14(8-6-13)25-17(18,19)20/h5-8H,3-4,9-10H2,1-2H3,(H3,21,22,23). The topological polar surface area (TPSA) is 85.7 Å². The average molecular weight is 370 g/mol. The summed E-state index contributed by atoms with van der Waals surface area (Å²) < 4.78 is 45.2. The van der Waals surface area contributed by atoms with Crippen LogP contribution in [0.2, 0.25) is 0 Å². The van der Waals surface area contributed by atoms with E-state index in [1.54, 1.807) is 0 Å². The first-order chi connectivity index (χ1) is 12.2. The summed E-state index contributed by atoms with van der Waals surface area (Å²) in [7, 11) is 0. The van der Waals surface area contributed by atoms with Gasteiger partial charge in [-0.15, -0.1) is 13.2 Å². The van der Waals surface area contributed by atoms with Crippen LogP contribution in [0.25, 0.3) is 0 Å². The van der Waals surface area contributed by atoms with Gasteiger partial charge in [-0.25, -0.2) is 4.99 Å². The number of ether oxygens (including phenoxy) is 1. The quantitative estimate of drug-likeness (QED) is 0.444. The van der Waals surface area contributed by atoms with Crippen molar-refractivity contribution in [1.82, 2.24) is 10.5 Å². The Morgan fingerprint density at radius 1 is 1.27 bits per heavy atom. The molecule has 0 aliphatic carbocycles. The SMILES string of the molecule is Cc1noc(C)c1CCCNC(N)=NCc1ccc(OC(F)(F)F)cc1. The predicted molar refractivity (Wildman–Crippen MR) is 90.8 cm³/mol. The lowest BCUT2D eigenvalue weighted by atomic mass is 10.1. The van der Waals surface area contributed by atoms with Gasteiger partial charge in [-0.2, -0.15) is 0 Å². The molecule has 0 aliphatic rings. The summed E-state index contributed by atoms with van der Waals surface area (Å²) in [6.45, 7) is 4.68. The fraction of sp³-hybridized carbons (Fsp3) is 0.412. The molecule has 1 heterocycles. The van der Waals surface area contributed by atoms with Crippen LogP contribution in [-0.4, -0.2) is 24.0 Å². The second-order valence-electron chi connectivity index (χ2n) is 5.73. The van der Waals surface area contributed by atoms with E-state index in [2.05, 4.69) is 20.2 Å². The Morgan fingerprint density at radius 3 is 2.54 bits per heavy atom. The monoisotopic (exact) mass is 370 g/mol. The predicted octanol–water partition coefficient (Wildman–Crippen LogP) is 3.23. The van der Waals surface area contributed by atoms with Crippen molar-refractivity contribution in [1.29, 1.82) is 0 Å². The van der Waals surface area contributed by atoms with Crippen molar-refractivity contribution < 1.29 is 22.4 Å². The first-order valence-corrected chi connectivity index (χ1v) is 8.05. The number of nitrogens with zero attached hydrogens (tertiary/aromatic N) is 2. The van der Waals surface area contributed by atoms with E-state index in [4.69, 9.17) is 10.3 Å². The molecule has 0 saturated carbocycles. The maximum atomic E-state index is 12.1. The van der Waals surface area contributed by atoms with Crippen LogP contribution in [0.5, 0.6) is 5.75 Å². The maximum absolute atomic E-state index is 12.1. The van der Waals surface area contributed by atoms with E-state index in [1.165, 1.54) is 24.3 Å². The summed E-state index contributed by atoms with van der Waals surface area (Å²) in [5.74, 6) is 0.831. The highest BCUT2D eigenvalue weighted by Crippen LogP contribution is 2.22. The lowest BCUT2D eigenvalue weighted by Crippen LogP contribution is -2.32. The molecule has 3 N–H and O–H groups in total. The number of alkyl halides is 3. The van der Waals surface area contributed by atoms with Crippen LogP contribution < -0.4 is 15.8 Å². The fourth-order valence-electron chi connectivity index (χ4n) is 2.37. The normalized spacial score (nSPS) is 12.3. The van der Waals surface area contributed by atoms with E-state index in [0.29, 0.717) is 6.54 Å². The van der Waals surface area contributed by atoms with Crippen molar-refractivity contribution in [3.05, 3.63) is 46.8 Å². The molecule has 0 radical (unpaired) electrons. The largest absolute Gasteiger partial charge is 0.573 e. The number of nitrogens with two attached hydrogens (primary N) is 1. The van der Waals surface area contributed by atoms with E-state index < -0.39 is 6.36 Å². The molecule has 0 saturated heterocycles. The zero-order chi connectivity index (χ0) is 19.2. The molecular formula is C17H21F3N4O2. The maximum Gasteiger partial charge on any atom is 0.573 e. The minimum absolute atomic E-state index is 0.259. The van der Waals surface area contributed by atoms with Crippen molar-refractivity contribution in [2.45, 2.75) is 39.6 Å². The Kier molecular flexibility index (Phi) is 6.48. The Bertz CT molecular complexity index is 720. The van der Waals surface area contributed by atoms with Gasteiger partial charge in [0.15, 0.2) is 5.96 Å². The number of halogens is 3. The molecule has 0 amide bonds. The summed E-state index contributed by atoms with van der Waals surface area (Å²) in [4.78, 5) is 4.16. The van der Waals surface area contributed by atoms with Crippen LogP contribution in [-0.2, 0) is 13.0 Å². The number of aliphatic imine (C=N–C) groups is 1. The van der Waals surface area contributed by atoms with Crippen LogP contribution in [0, 0.1) is 13.8 Å². The van der Waals surface area contributed by atoms with Gasteiger partial charge in [-0.05, 0) is 44.4 Å². The summed E-state index contributed by atoms with van der Waals surface area (Å²) >= 11 is 0. The van der Waals surface area contributed by atoms with Gasteiger partial charge in [-0.3, -0.25) is 0 Å². The van der Waals surface area contributed by atoms with E-state index in [0.717, 1.165) is 35.4 Å².